The van der Waals surface area contributed by atoms with Crippen LogP contribution in [0.2, 0.25) is 0 Å². The van der Waals surface area contributed by atoms with E-state index in [0.717, 1.165) is 16.8 Å². The second-order valence-corrected chi connectivity index (χ2v) is 7.03. The van der Waals surface area contributed by atoms with E-state index in [0.29, 0.717) is 24.2 Å². The van der Waals surface area contributed by atoms with Crippen LogP contribution in [0.5, 0.6) is 0 Å². The third-order valence-corrected chi connectivity index (χ3v) is 5.20. The molecule has 4 heterocycles. The van der Waals surface area contributed by atoms with E-state index in [2.05, 4.69) is 15.4 Å². The number of nitrogens with one attached hydrogen (secondary N) is 1. The summed E-state index contributed by atoms with van der Waals surface area (Å²) < 4.78 is 1.67. The van der Waals surface area contributed by atoms with Gasteiger partial charge in [0.25, 0.3) is 5.91 Å². The molecular weight excluding hydrogens is 322 g/mol. The fraction of sp³-hybridized carbons (Fsp3) is 0.471. The maximum Gasteiger partial charge on any atom is 0.254 e. The number of pyridine rings is 1. The second kappa shape index (κ2) is 5.11. The lowest BCUT2D eigenvalue weighted by Gasteiger charge is -2.21. The highest BCUT2D eigenvalue weighted by molar-refractivity contribution is 6.09. The number of aryl methyl sites for hydroxylation is 3. The molecule has 2 aliphatic heterocycles. The molecule has 8 heteroatoms. The van der Waals surface area contributed by atoms with Crippen molar-refractivity contribution in [1.82, 2.24) is 25.0 Å². The molecule has 0 saturated carbocycles. The second-order valence-electron chi connectivity index (χ2n) is 7.03. The first-order valence-electron chi connectivity index (χ1n) is 8.25. The molecule has 2 saturated heterocycles. The summed E-state index contributed by atoms with van der Waals surface area (Å²) in [7, 11) is 1.80. The maximum atomic E-state index is 13.1. The summed E-state index contributed by atoms with van der Waals surface area (Å²) in [5.74, 6) is -0.665. The number of fused-ring (bicyclic) bond motifs is 1. The van der Waals surface area contributed by atoms with Crippen molar-refractivity contribution in [3.8, 4) is 0 Å². The molecule has 2 aliphatic rings. The summed E-state index contributed by atoms with van der Waals surface area (Å²) in [6.07, 6.45) is 0.669. The predicted octanol–water partition coefficient (Wildman–Crippen LogP) is 0.464. The van der Waals surface area contributed by atoms with Crippen molar-refractivity contribution >= 4 is 28.8 Å². The number of amides is 3. The number of nitrogens with zero attached hydrogens (tertiary/aromatic N) is 4. The minimum absolute atomic E-state index is 0.143. The Hall–Kier alpha value is -2.77. The Morgan fingerprint density at radius 3 is 2.76 bits per heavy atom. The lowest BCUT2D eigenvalue weighted by atomic mass is 9.85. The SMILES string of the molecule is Cc1cc(C(=O)N2CC[C@@]3(CC(=O)NC3=O)C2)c2c(C)nn(C)c2n1. The van der Waals surface area contributed by atoms with Crippen molar-refractivity contribution in [2.24, 2.45) is 12.5 Å². The zero-order valence-corrected chi connectivity index (χ0v) is 14.4. The Balaban J connectivity index is 1.72. The molecule has 0 radical (unpaired) electrons. The van der Waals surface area contributed by atoms with Crippen molar-refractivity contribution in [3.63, 3.8) is 0 Å². The molecule has 0 aliphatic carbocycles. The van der Waals surface area contributed by atoms with Gasteiger partial charge < -0.3 is 4.90 Å². The summed E-state index contributed by atoms with van der Waals surface area (Å²) in [6.45, 7) is 4.42. The van der Waals surface area contributed by atoms with Gasteiger partial charge in [0.05, 0.1) is 22.1 Å². The molecule has 3 amide bonds. The van der Waals surface area contributed by atoms with Crippen LogP contribution in [0.1, 0.15) is 34.6 Å². The largest absolute Gasteiger partial charge is 0.337 e. The highest BCUT2D eigenvalue weighted by Gasteiger charge is 2.52. The van der Waals surface area contributed by atoms with Gasteiger partial charge in [-0.25, -0.2) is 4.98 Å². The van der Waals surface area contributed by atoms with Gasteiger partial charge in [-0.3, -0.25) is 24.4 Å². The Bertz CT molecular complexity index is 947. The van der Waals surface area contributed by atoms with Crippen molar-refractivity contribution in [3.05, 3.63) is 23.0 Å². The zero-order chi connectivity index (χ0) is 17.9. The lowest BCUT2D eigenvalue weighted by molar-refractivity contribution is -0.128. The average Bonchev–Trinajstić information content (AvgIpc) is 3.17. The van der Waals surface area contributed by atoms with Crippen LogP contribution in [0.25, 0.3) is 11.0 Å². The van der Waals surface area contributed by atoms with Gasteiger partial charge in [0.2, 0.25) is 11.8 Å². The molecule has 2 fully saturated rings. The van der Waals surface area contributed by atoms with Gasteiger partial charge >= 0.3 is 0 Å². The van der Waals surface area contributed by atoms with Crippen LogP contribution in [-0.2, 0) is 16.6 Å². The fourth-order valence-corrected chi connectivity index (χ4v) is 3.98. The van der Waals surface area contributed by atoms with Gasteiger partial charge in [-0.05, 0) is 26.3 Å². The van der Waals surface area contributed by atoms with Gasteiger partial charge in [0.1, 0.15) is 0 Å². The summed E-state index contributed by atoms with van der Waals surface area (Å²) in [5.41, 5.74) is 1.94. The number of carbonyl (C=O) groups is 3. The Morgan fingerprint density at radius 2 is 2.08 bits per heavy atom. The molecular formula is C17H19N5O3. The molecule has 25 heavy (non-hydrogen) atoms. The predicted molar refractivity (Wildman–Crippen MR) is 88.7 cm³/mol. The third-order valence-electron chi connectivity index (χ3n) is 5.20. The highest BCUT2D eigenvalue weighted by atomic mass is 16.2. The van der Waals surface area contributed by atoms with Gasteiger partial charge in [0, 0.05) is 32.3 Å². The smallest absolute Gasteiger partial charge is 0.254 e. The number of hydrogen-bond acceptors (Lipinski definition) is 5. The summed E-state index contributed by atoms with van der Waals surface area (Å²) in [4.78, 5) is 43.0. The van der Waals surface area contributed by atoms with Crippen LogP contribution >= 0.6 is 0 Å². The molecule has 1 N–H and O–H groups in total. The molecule has 4 rings (SSSR count). The quantitative estimate of drug-likeness (QED) is 0.760. The van der Waals surface area contributed by atoms with E-state index in [1.165, 1.54) is 0 Å². The van der Waals surface area contributed by atoms with E-state index in [4.69, 9.17) is 0 Å². The summed E-state index contributed by atoms with van der Waals surface area (Å²) >= 11 is 0. The third kappa shape index (κ3) is 2.24. The Morgan fingerprint density at radius 1 is 1.32 bits per heavy atom. The molecule has 2 aromatic heterocycles. The zero-order valence-electron chi connectivity index (χ0n) is 14.4. The Labute approximate surface area is 144 Å². The summed E-state index contributed by atoms with van der Waals surface area (Å²) in [5, 5.41) is 7.47. The number of carbonyl (C=O) groups excluding carboxylic acids is 3. The lowest BCUT2D eigenvalue weighted by Crippen LogP contribution is -2.36. The van der Waals surface area contributed by atoms with Gasteiger partial charge in [-0.2, -0.15) is 5.10 Å². The van der Waals surface area contributed by atoms with E-state index in [1.807, 2.05) is 13.8 Å². The van der Waals surface area contributed by atoms with Crippen LogP contribution in [-0.4, -0.2) is 50.5 Å². The van der Waals surface area contributed by atoms with E-state index in [-0.39, 0.29) is 30.7 Å². The first kappa shape index (κ1) is 15.7. The first-order chi connectivity index (χ1) is 11.8. The molecule has 1 atom stereocenters. The topological polar surface area (TPSA) is 97.2 Å². The van der Waals surface area contributed by atoms with E-state index < -0.39 is 5.41 Å². The highest BCUT2D eigenvalue weighted by Crippen LogP contribution is 2.38. The van der Waals surface area contributed by atoms with Crippen molar-refractivity contribution < 1.29 is 14.4 Å². The molecule has 0 bridgehead atoms. The van der Waals surface area contributed by atoms with Gasteiger partial charge in [-0.15, -0.1) is 0 Å². The number of likely N-dealkylation sites (tertiary alicyclic amines) is 1. The van der Waals surface area contributed by atoms with Gasteiger partial charge in [0.15, 0.2) is 5.65 Å². The molecule has 1 spiro atoms. The first-order valence-corrected chi connectivity index (χ1v) is 8.25. The molecule has 0 aromatic carbocycles. The average molecular weight is 341 g/mol. The minimum atomic E-state index is -0.766. The fourth-order valence-electron chi connectivity index (χ4n) is 3.98. The molecule has 0 unspecified atom stereocenters. The van der Waals surface area contributed by atoms with Crippen molar-refractivity contribution in [1.29, 1.82) is 0 Å². The minimum Gasteiger partial charge on any atom is -0.337 e. The van der Waals surface area contributed by atoms with E-state index in [1.54, 1.807) is 22.7 Å². The van der Waals surface area contributed by atoms with E-state index >= 15 is 0 Å². The van der Waals surface area contributed by atoms with Crippen molar-refractivity contribution in [2.75, 3.05) is 13.1 Å². The number of rotatable bonds is 1. The van der Waals surface area contributed by atoms with Crippen LogP contribution < -0.4 is 5.32 Å². The maximum absolute atomic E-state index is 13.1. The molecule has 2 aromatic rings. The van der Waals surface area contributed by atoms with Gasteiger partial charge in [-0.1, -0.05) is 0 Å². The summed E-state index contributed by atoms with van der Waals surface area (Å²) in [6, 6.07) is 1.77. The number of imide groups is 1. The molecule has 8 nitrogen and oxygen atoms in total. The normalized spacial score (nSPS) is 23.1. The van der Waals surface area contributed by atoms with Crippen molar-refractivity contribution in [2.45, 2.75) is 26.7 Å². The van der Waals surface area contributed by atoms with Crippen LogP contribution in [0.15, 0.2) is 6.07 Å². The van der Waals surface area contributed by atoms with Crippen LogP contribution in [0, 0.1) is 19.3 Å². The number of hydrogen-bond donors (Lipinski definition) is 1. The van der Waals surface area contributed by atoms with Crippen LogP contribution in [0.4, 0.5) is 0 Å². The van der Waals surface area contributed by atoms with Crippen LogP contribution in [0.3, 0.4) is 0 Å². The number of aromatic nitrogens is 3. The standard InChI is InChI=1S/C17H19N5O3/c1-9-6-11(13-10(2)20-21(3)14(13)18-9)15(24)22-5-4-17(8-22)7-12(23)19-16(17)25/h6H,4-5,7-8H2,1-3H3,(H,19,23,25)/t17-/m1/s1. The Kier molecular flexibility index (Phi) is 3.22. The molecule has 130 valence electrons. The monoisotopic (exact) mass is 341 g/mol. The van der Waals surface area contributed by atoms with E-state index in [9.17, 15) is 14.4 Å².